The summed E-state index contributed by atoms with van der Waals surface area (Å²) in [6.45, 7) is 8.92. The number of aliphatic hydroxyl groups is 1. The van der Waals surface area contributed by atoms with Gasteiger partial charge in [-0.05, 0) is 214 Å². The Morgan fingerprint density at radius 2 is 0.721 bits per heavy atom. The summed E-state index contributed by atoms with van der Waals surface area (Å²) in [5.74, 6) is 4.69. The summed E-state index contributed by atoms with van der Waals surface area (Å²) in [7, 11) is 4.54. The zero-order valence-corrected chi connectivity index (χ0v) is 73.1. The number of carbonyl (C=O) groups excluding carboxylic acids is 3. The molecule has 0 spiro atoms. The number of nitrogens with one attached hydrogen (secondary N) is 2. The van der Waals surface area contributed by atoms with E-state index in [1.165, 1.54) is 63.1 Å². The molecule has 26 nitrogen and oxygen atoms in total. The van der Waals surface area contributed by atoms with Crippen LogP contribution in [0.3, 0.4) is 0 Å². The molecule has 3 N–H and O–H groups in total. The SMILES string of the molecule is COc1ccc(CCCO)cc1-c1ccc(N2CCC2)nc1CN1C(=O)O[C@H](c2cc(C(F)(F)F)cc(C(F)(F)F)c2)[C@@H]1C.COc1ccc(Cc2ncn[nH]2)cc1-c1ccc(N2CCC2)nc1CN1C(=O)O[C@H](c2cc(C(F)(F)F)cc(C(F)(F)F)c2)[C@@H]1C.COc1ccc(Cc2nn[nH]n2)cc1-c1ccc(N2CCC2)nc1CN1C(=O)O[C@H](c2cc(C(F)(F)F)cc(C(F)(F)F)c2)[C@@H]1C. The number of alkyl halides is 18. The molecule has 6 aromatic carbocycles. The van der Waals surface area contributed by atoms with Gasteiger partial charge >= 0.3 is 55.3 Å². The number of nitrogens with zero attached hydrogens (tertiary/aromatic N) is 14. The average Bonchev–Trinajstić information content (AvgIpc) is 1.79. The van der Waals surface area contributed by atoms with E-state index in [1.54, 1.807) is 18.2 Å². The Morgan fingerprint density at radius 3 is 0.993 bits per heavy atom. The van der Waals surface area contributed by atoms with E-state index in [-0.39, 0.29) is 44.4 Å². The number of pyridine rings is 3. The molecule has 6 atom stereocenters. The van der Waals surface area contributed by atoms with Crippen LogP contribution in [0.15, 0.2) is 152 Å². The number of tetrazole rings is 1. The number of H-pyrrole nitrogens is 2. The maximum Gasteiger partial charge on any atom is 0.416 e. The molecule has 0 radical (unpaired) electrons. The summed E-state index contributed by atoms with van der Waals surface area (Å²) in [5, 5.41) is 30.0. The summed E-state index contributed by atoms with van der Waals surface area (Å²) in [4.78, 5) is 68.2. The third kappa shape index (κ3) is 21.5. The molecule has 17 rings (SSSR count). The van der Waals surface area contributed by atoms with Gasteiger partial charge in [0.25, 0.3) is 0 Å². The fourth-order valence-corrected chi connectivity index (χ4v) is 16.6. The van der Waals surface area contributed by atoms with Crippen LogP contribution in [0.2, 0.25) is 0 Å². The molecule has 3 amide bonds. The van der Waals surface area contributed by atoms with Gasteiger partial charge in [-0.15, -0.1) is 10.2 Å². The lowest BCUT2D eigenvalue weighted by Gasteiger charge is -2.33. The largest absolute Gasteiger partial charge is 0.496 e. The second-order valence-corrected chi connectivity index (χ2v) is 33.1. The first kappa shape index (κ1) is 96.9. The van der Waals surface area contributed by atoms with Crippen LogP contribution in [0.1, 0.15) is 160 Å². The number of aromatic amines is 2. The van der Waals surface area contributed by atoms with Gasteiger partial charge in [-0.1, -0.05) is 23.4 Å². The average molecular weight is 1920 g/mol. The number of carbonyl (C=O) groups is 3. The Kier molecular flexibility index (Phi) is 27.7. The molecule has 44 heteroatoms. The van der Waals surface area contributed by atoms with Crippen molar-refractivity contribution in [2.24, 2.45) is 0 Å². The van der Waals surface area contributed by atoms with Crippen LogP contribution in [0.4, 0.5) is 111 Å². The van der Waals surface area contributed by atoms with Crippen molar-refractivity contribution in [2.75, 3.05) is 81.9 Å². The number of cyclic esters (lactones) is 3. The van der Waals surface area contributed by atoms with E-state index in [1.807, 2.05) is 77.7 Å². The molecule has 11 aromatic rings. The molecule has 0 saturated carbocycles. The number of aromatic nitrogens is 10. The van der Waals surface area contributed by atoms with Gasteiger partial charge in [-0.2, -0.15) is 89.3 Å². The van der Waals surface area contributed by atoms with Crippen molar-refractivity contribution >= 4 is 35.7 Å². The van der Waals surface area contributed by atoms with Crippen molar-refractivity contribution in [3.05, 3.63) is 247 Å². The molecule has 136 heavy (non-hydrogen) atoms. The number of hydrogen-bond donors (Lipinski definition) is 3. The lowest BCUT2D eigenvalue weighted by molar-refractivity contribution is -0.144. The van der Waals surface area contributed by atoms with Gasteiger partial charge in [-0.25, -0.2) is 34.3 Å². The highest BCUT2D eigenvalue weighted by molar-refractivity contribution is 5.80. The third-order valence-electron chi connectivity index (χ3n) is 24.2. The summed E-state index contributed by atoms with van der Waals surface area (Å²) in [6.07, 6.45) is -30.8. The van der Waals surface area contributed by atoms with Gasteiger partial charge in [0.2, 0.25) is 0 Å². The van der Waals surface area contributed by atoms with Crippen molar-refractivity contribution in [3.63, 3.8) is 0 Å². The van der Waals surface area contributed by atoms with Gasteiger partial charge < -0.3 is 48.2 Å². The molecule has 11 heterocycles. The van der Waals surface area contributed by atoms with Crippen molar-refractivity contribution in [3.8, 4) is 50.6 Å². The number of benzene rings is 6. The summed E-state index contributed by atoms with van der Waals surface area (Å²) in [6, 6.07) is 28.6. The van der Waals surface area contributed by atoms with E-state index in [9.17, 15) is 98.5 Å². The Labute approximate surface area is 763 Å². The van der Waals surface area contributed by atoms with E-state index in [4.69, 9.17) is 43.4 Å². The van der Waals surface area contributed by atoms with Crippen molar-refractivity contribution in [1.82, 2.24) is 65.5 Å². The lowest BCUT2D eigenvalue weighted by Crippen LogP contribution is -2.38. The fourth-order valence-electron chi connectivity index (χ4n) is 16.6. The molecule has 720 valence electrons. The van der Waals surface area contributed by atoms with Crippen molar-refractivity contribution < 1.29 is 127 Å². The second-order valence-electron chi connectivity index (χ2n) is 33.1. The Bertz CT molecular complexity index is 5820. The second kappa shape index (κ2) is 38.9. The van der Waals surface area contributed by atoms with E-state index in [0.717, 1.165) is 75.2 Å². The maximum atomic E-state index is 13.6. The van der Waals surface area contributed by atoms with Gasteiger partial charge in [0.1, 0.15) is 65.2 Å². The first-order chi connectivity index (χ1) is 64.4. The zero-order valence-electron chi connectivity index (χ0n) is 73.1. The number of hydrogen-bond acceptors (Lipinski definition) is 21. The van der Waals surface area contributed by atoms with Crippen LogP contribution in [-0.4, -0.2) is 174 Å². The molecule has 0 aliphatic carbocycles. The third-order valence-corrected chi connectivity index (χ3v) is 24.2. The predicted molar refractivity (Wildman–Crippen MR) is 453 cm³/mol. The van der Waals surface area contributed by atoms with Crippen LogP contribution in [0.25, 0.3) is 33.4 Å². The molecule has 0 unspecified atom stereocenters. The van der Waals surface area contributed by atoms with E-state index >= 15 is 0 Å². The smallest absolute Gasteiger partial charge is 0.416 e. The number of halogens is 18. The number of ether oxygens (including phenoxy) is 6. The van der Waals surface area contributed by atoms with Gasteiger partial charge in [0.05, 0.1) is 110 Å². The fraction of sp³-hybridized carbons (Fsp3) is 0.380. The van der Waals surface area contributed by atoms with Crippen LogP contribution < -0.4 is 28.9 Å². The van der Waals surface area contributed by atoms with Gasteiger partial charge in [0.15, 0.2) is 5.82 Å². The van der Waals surface area contributed by atoms with Crippen molar-refractivity contribution in [1.29, 1.82) is 0 Å². The van der Waals surface area contributed by atoms with Gasteiger partial charge in [0, 0.05) is 92.1 Å². The number of amides is 3. The summed E-state index contributed by atoms with van der Waals surface area (Å²) >= 11 is 0. The van der Waals surface area contributed by atoms with Crippen LogP contribution in [0.5, 0.6) is 17.2 Å². The molecular weight excluding hydrogens is 1830 g/mol. The Balaban J connectivity index is 0.000000155. The highest BCUT2D eigenvalue weighted by atomic mass is 19.4. The Hall–Kier alpha value is -13.7. The molecule has 6 fully saturated rings. The van der Waals surface area contributed by atoms with E-state index in [0.29, 0.717) is 159 Å². The van der Waals surface area contributed by atoms with Crippen LogP contribution >= 0.6 is 0 Å². The molecular formula is C92H86F18N16O10. The zero-order chi connectivity index (χ0) is 97.4. The minimum absolute atomic E-state index is 0.0190. The monoisotopic (exact) mass is 1920 g/mol. The molecule has 6 aliphatic heterocycles. The highest BCUT2D eigenvalue weighted by Crippen LogP contribution is 2.49. The molecule has 5 aromatic heterocycles. The first-order valence-corrected chi connectivity index (χ1v) is 42.7. The highest BCUT2D eigenvalue weighted by Gasteiger charge is 2.49. The number of rotatable bonds is 25. The Morgan fingerprint density at radius 1 is 0.404 bits per heavy atom. The number of anilines is 3. The summed E-state index contributed by atoms with van der Waals surface area (Å²) < 4.78 is 277. The molecule has 0 bridgehead atoms. The van der Waals surface area contributed by atoms with Crippen LogP contribution in [-0.2, 0) is 90.2 Å². The maximum absolute atomic E-state index is 13.6. The minimum atomic E-state index is -5.05. The lowest BCUT2D eigenvalue weighted by atomic mass is 9.96. The standard InChI is InChI=1S/C31H28F6N6O3.C31H31F6N3O4.C30H27F6N7O3/c1-17-28(19-12-20(30(32,33)34)14-21(13-19)31(35,36)37)46-29(44)43(17)15-24-22(5-7-27(40-24)42-8-3-9-42)23-10-18(4-6-25(23)45-2)11-26-38-16-39-41-26;1-18-28(20-14-21(30(32,33)34)16-22(15-20)31(35,36)37)44-29(42)40(18)17-25-23(7-9-27(38-25)39-10-4-11-39)24-13-19(5-3-12-41)6-8-26(24)43-2;1-16-27(18-12-19(29(31,32)33)14-20(13-18)30(34,35)36)46-28(44)43(16)15-23-21(5-7-26(37-23)42-8-3-9-42)22-10-17(4-6-24(22)45-2)11-25-38-40-41-39-25/h4-7,10,12-14,16-17,28H,3,8-9,11,15H2,1-2H3,(H,38,39,41);6-9,13-16,18,28,41H,3-5,10-12,17H2,1-2H3;4-7,10,12-14,16,27H,3,8-9,11,15H2,1-2H3,(H,38,39,40,41)/t17-,28-;18-,28-;16-,27-/m000/s1. The van der Waals surface area contributed by atoms with Crippen LogP contribution in [0, 0.1) is 0 Å². The number of aliphatic hydroxyl groups excluding tert-OH is 1. The summed E-state index contributed by atoms with van der Waals surface area (Å²) in [5.41, 5.74) is -2.28. The molecule has 6 aliphatic rings. The topological polar surface area (TPSA) is 281 Å². The molecule has 6 saturated heterocycles. The van der Waals surface area contributed by atoms with Crippen molar-refractivity contribution in [2.45, 2.75) is 159 Å². The number of methoxy groups -OCH3 is 3. The van der Waals surface area contributed by atoms with E-state index in [2.05, 4.69) is 45.6 Å². The predicted octanol–water partition coefficient (Wildman–Crippen LogP) is 20.0. The first-order valence-electron chi connectivity index (χ1n) is 42.7. The van der Waals surface area contributed by atoms with Gasteiger partial charge in [-0.3, -0.25) is 19.8 Å². The number of aryl methyl sites for hydroxylation is 1. The minimum Gasteiger partial charge on any atom is -0.496 e. The quantitative estimate of drug-likeness (QED) is 0.0354. The van der Waals surface area contributed by atoms with E-state index < -0.39 is 142 Å². The normalized spacial score (nSPS) is 18.6.